The molecule has 21 heavy (non-hydrogen) atoms. The van der Waals surface area contributed by atoms with Crippen molar-refractivity contribution in [2.75, 3.05) is 14.2 Å². The normalized spacial score (nSPS) is 10.2. The summed E-state index contributed by atoms with van der Waals surface area (Å²) in [5.41, 5.74) is -0.272. The van der Waals surface area contributed by atoms with Gasteiger partial charge < -0.3 is 19.6 Å². The Labute approximate surface area is 128 Å². The molecule has 1 aromatic heterocycles. The molecule has 1 heterocycles. The van der Waals surface area contributed by atoms with E-state index in [-0.39, 0.29) is 22.7 Å². The molecule has 2 aromatic rings. The number of nitrogens with one attached hydrogen (secondary N) is 1. The maximum atomic E-state index is 12.5. The number of carboxylic acids is 1. The van der Waals surface area contributed by atoms with Crippen molar-refractivity contribution in [3.8, 4) is 11.5 Å². The van der Waals surface area contributed by atoms with E-state index >= 15 is 0 Å². The van der Waals surface area contributed by atoms with Gasteiger partial charge in [-0.3, -0.25) is 4.79 Å². The first kappa shape index (κ1) is 15.0. The quantitative estimate of drug-likeness (QED) is 0.797. The Morgan fingerprint density at radius 1 is 1.29 bits per heavy atom. The molecule has 8 heteroatoms. The number of H-pyrrole nitrogens is 1. The summed E-state index contributed by atoms with van der Waals surface area (Å²) in [5.74, 6) is -1.08. The number of halogens is 1. The Balaban J connectivity index is 2.56. The van der Waals surface area contributed by atoms with Crippen LogP contribution in [0.3, 0.4) is 0 Å². The SMILES string of the molecule is COc1ccc(C(=O)c2nc[nH]c2C(=O)O)c(OC)c1Br. The molecule has 0 fully saturated rings. The van der Waals surface area contributed by atoms with E-state index in [1.807, 2.05) is 0 Å². The number of methoxy groups -OCH3 is 2. The molecular formula is C13H11BrN2O5. The van der Waals surface area contributed by atoms with Gasteiger partial charge in [0.05, 0.1) is 26.1 Å². The number of aromatic amines is 1. The summed E-state index contributed by atoms with van der Waals surface area (Å²) >= 11 is 3.28. The van der Waals surface area contributed by atoms with Crippen LogP contribution in [0.15, 0.2) is 22.9 Å². The van der Waals surface area contributed by atoms with E-state index in [0.717, 1.165) is 6.33 Å². The maximum absolute atomic E-state index is 12.5. The minimum Gasteiger partial charge on any atom is -0.495 e. The average molecular weight is 355 g/mol. The summed E-state index contributed by atoms with van der Waals surface area (Å²) in [5, 5.41) is 9.03. The van der Waals surface area contributed by atoms with E-state index in [4.69, 9.17) is 14.6 Å². The van der Waals surface area contributed by atoms with Crippen LogP contribution in [-0.2, 0) is 0 Å². The van der Waals surface area contributed by atoms with E-state index in [2.05, 4.69) is 25.9 Å². The highest BCUT2D eigenvalue weighted by atomic mass is 79.9. The Morgan fingerprint density at radius 3 is 2.57 bits per heavy atom. The van der Waals surface area contributed by atoms with Gasteiger partial charge in [-0.05, 0) is 28.1 Å². The zero-order valence-electron chi connectivity index (χ0n) is 11.1. The van der Waals surface area contributed by atoms with E-state index in [1.54, 1.807) is 6.07 Å². The summed E-state index contributed by atoms with van der Waals surface area (Å²) in [4.78, 5) is 29.7. The molecule has 1 aromatic carbocycles. The van der Waals surface area contributed by atoms with Gasteiger partial charge in [-0.25, -0.2) is 9.78 Å². The minimum absolute atomic E-state index is 0.180. The number of carboxylic acid groups (broad SMARTS) is 1. The molecular weight excluding hydrogens is 344 g/mol. The fraction of sp³-hybridized carbons (Fsp3) is 0.154. The highest BCUT2D eigenvalue weighted by Crippen LogP contribution is 2.38. The van der Waals surface area contributed by atoms with Crippen molar-refractivity contribution in [3.05, 3.63) is 39.9 Å². The third-order valence-electron chi connectivity index (χ3n) is 2.80. The average Bonchev–Trinajstić information content (AvgIpc) is 2.95. The molecule has 0 saturated carbocycles. The fourth-order valence-electron chi connectivity index (χ4n) is 1.83. The lowest BCUT2D eigenvalue weighted by Crippen LogP contribution is -2.11. The molecule has 0 radical (unpaired) electrons. The van der Waals surface area contributed by atoms with Crippen LogP contribution in [0.4, 0.5) is 0 Å². The molecule has 2 rings (SSSR count). The number of ketones is 1. The van der Waals surface area contributed by atoms with Crippen LogP contribution < -0.4 is 9.47 Å². The van der Waals surface area contributed by atoms with Gasteiger partial charge in [-0.15, -0.1) is 0 Å². The van der Waals surface area contributed by atoms with Crippen LogP contribution >= 0.6 is 15.9 Å². The van der Waals surface area contributed by atoms with Gasteiger partial charge in [0.15, 0.2) is 5.69 Å². The van der Waals surface area contributed by atoms with Crippen molar-refractivity contribution in [1.29, 1.82) is 0 Å². The molecule has 0 spiro atoms. The van der Waals surface area contributed by atoms with E-state index in [1.165, 1.54) is 20.3 Å². The fourth-order valence-corrected chi connectivity index (χ4v) is 2.50. The third-order valence-corrected chi connectivity index (χ3v) is 3.55. The van der Waals surface area contributed by atoms with Crippen LogP contribution in [0.25, 0.3) is 0 Å². The molecule has 0 aliphatic rings. The Bertz CT molecular complexity index is 711. The van der Waals surface area contributed by atoms with E-state index < -0.39 is 11.8 Å². The molecule has 0 atom stereocenters. The second kappa shape index (κ2) is 5.96. The zero-order chi connectivity index (χ0) is 15.6. The maximum Gasteiger partial charge on any atom is 0.354 e. The molecule has 0 bridgehead atoms. The van der Waals surface area contributed by atoms with Gasteiger partial charge in [0.2, 0.25) is 5.78 Å². The van der Waals surface area contributed by atoms with Crippen LogP contribution in [0.2, 0.25) is 0 Å². The summed E-state index contributed by atoms with van der Waals surface area (Å²) in [6, 6.07) is 3.07. The molecule has 7 nitrogen and oxygen atoms in total. The van der Waals surface area contributed by atoms with Crippen molar-refractivity contribution in [1.82, 2.24) is 9.97 Å². The van der Waals surface area contributed by atoms with Crippen molar-refractivity contribution in [3.63, 3.8) is 0 Å². The molecule has 0 aliphatic carbocycles. The second-order valence-corrected chi connectivity index (χ2v) is 4.72. The lowest BCUT2D eigenvalue weighted by molar-refractivity contribution is 0.0686. The third kappa shape index (κ3) is 2.62. The topological polar surface area (TPSA) is 102 Å². The van der Waals surface area contributed by atoms with E-state index in [0.29, 0.717) is 10.2 Å². The number of aromatic carboxylic acids is 1. The molecule has 2 N–H and O–H groups in total. The minimum atomic E-state index is -1.26. The van der Waals surface area contributed by atoms with Gasteiger partial charge >= 0.3 is 5.97 Å². The number of carbonyl (C=O) groups is 2. The standard InChI is InChI=1S/C13H11BrN2O5/c1-20-7-4-3-6(12(21-2)8(7)14)11(17)9-10(13(18)19)16-5-15-9/h3-5H,1-2H3,(H,15,16)(H,18,19). The van der Waals surface area contributed by atoms with Crippen LogP contribution in [0.5, 0.6) is 11.5 Å². The lowest BCUT2D eigenvalue weighted by atomic mass is 10.1. The summed E-state index contributed by atoms with van der Waals surface area (Å²) in [6.45, 7) is 0. The van der Waals surface area contributed by atoms with Gasteiger partial charge in [-0.2, -0.15) is 0 Å². The Hall–Kier alpha value is -2.35. The summed E-state index contributed by atoms with van der Waals surface area (Å²) < 4.78 is 10.8. The smallest absolute Gasteiger partial charge is 0.354 e. The van der Waals surface area contributed by atoms with Gasteiger partial charge in [0.1, 0.15) is 21.7 Å². The largest absolute Gasteiger partial charge is 0.495 e. The highest BCUT2D eigenvalue weighted by molar-refractivity contribution is 9.10. The number of ether oxygens (including phenoxy) is 2. The van der Waals surface area contributed by atoms with Crippen molar-refractivity contribution < 1.29 is 24.2 Å². The first-order valence-electron chi connectivity index (χ1n) is 5.73. The lowest BCUT2D eigenvalue weighted by Gasteiger charge is -2.12. The first-order chi connectivity index (χ1) is 10.0. The van der Waals surface area contributed by atoms with Crippen molar-refractivity contribution >= 4 is 27.7 Å². The summed E-state index contributed by atoms with van der Waals surface area (Å²) in [7, 11) is 2.89. The van der Waals surface area contributed by atoms with E-state index in [9.17, 15) is 9.59 Å². The number of aromatic nitrogens is 2. The number of hydrogen-bond acceptors (Lipinski definition) is 5. The molecule has 0 aliphatic heterocycles. The Morgan fingerprint density at radius 2 is 2.00 bits per heavy atom. The first-order valence-corrected chi connectivity index (χ1v) is 6.52. The molecule has 110 valence electrons. The van der Waals surface area contributed by atoms with Crippen molar-refractivity contribution in [2.45, 2.75) is 0 Å². The van der Waals surface area contributed by atoms with Crippen LogP contribution in [0.1, 0.15) is 26.5 Å². The number of imidazole rings is 1. The molecule has 0 saturated heterocycles. The van der Waals surface area contributed by atoms with Crippen molar-refractivity contribution in [2.24, 2.45) is 0 Å². The predicted octanol–water partition coefficient (Wildman–Crippen LogP) is 2.12. The summed E-state index contributed by atoms with van der Waals surface area (Å²) in [6.07, 6.45) is 1.15. The van der Waals surface area contributed by atoms with Crippen LogP contribution in [0, 0.1) is 0 Å². The molecule has 0 unspecified atom stereocenters. The van der Waals surface area contributed by atoms with Gasteiger partial charge in [0.25, 0.3) is 0 Å². The van der Waals surface area contributed by atoms with Gasteiger partial charge in [-0.1, -0.05) is 0 Å². The van der Waals surface area contributed by atoms with Crippen LogP contribution in [-0.4, -0.2) is 41.0 Å². The number of carbonyl (C=O) groups excluding carboxylic acids is 1. The number of benzene rings is 1. The predicted molar refractivity (Wildman–Crippen MR) is 76.2 cm³/mol. The second-order valence-electron chi connectivity index (χ2n) is 3.92. The Kier molecular flexibility index (Phi) is 4.27. The number of rotatable bonds is 5. The number of hydrogen-bond donors (Lipinski definition) is 2. The van der Waals surface area contributed by atoms with Gasteiger partial charge in [0, 0.05) is 0 Å². The highest BCUT2D eigenvalue weighted by Gasteiger charge is 2.25. The molecule has 0 amide bonds. The monoisotopic (exact) mass is 354 g/mol. The zero-order valence-corrected chi connectivity index (χ0v) is 12.7. The number of nitrogens with zero attached hydrogens (tertiary/aromatic N) is 1.